The van der Waals surface area contributed by atoms with Gasteiger partial charge in [-0.3, -0.25) is 9.32 Å². The molecule has 2 N–H and O–H groups in total. The number of esters is 1. The van der Waals surface area contributed by atoms with Crippen LogP contribution in [0.1, 0.15) is 12.8 Å². The lowest BCUT2D eigenvalue weighted by molar-refractivity contribution is -0.147. The van der Waals surface area contributed by atoms with Gasteiger partial charge >= 0.3 is 13.8 Å². The van der Waals surface area contributed by atoms with Crippen molar-refractivity contribution in [2.24, 2.45) is 0 Å². The quantitative estimate of drug-likeness (QED) is 0.327. The predicted octanol–water partition coefficient (Wildman–Crippen LogP) is 1.82. The first-order chi connectivity index (χ1) is 9.37. The Morgan fingerprint density at radius 1 is 1.35 bits per heavy atom. The third kappa shape index (κ3) is 9.05. The first-order valence-electron chi connectivity index (χ1n) is 6.08. The fraction of sp³-hybridized carbons (Fsp3) is 0.727. The molecule has 1 fully saturated rings. The predicted molar refractivity (Wildman–Crippen MR) is 80.9 cm³/mol. The van der Waals surface area contributed by atoms with Gasteiger partial charge in [-0.2, -0.15) is 23.5 Å². The molecule has 1 saturated heterocycles. The van der Waals surface area contributed by atoms with Gasteiger partial charge in [0.2, 0.25) is 0 Å². The summed E-state index contributed by atoms with van der Waals surface area (Å²) in [6, 6.07) is 0. The summed E-state index contributed by atoms with van der Waals surface area (Å²) < 4.78 is 20.0. The van der Waals surface area contributed by atoms with Crippen LogP contribution in [0.15, 0.2) is 12.2 Å². The molecule has 9 heteroatoms. The maximum atomic E-state index is 11.6. The van der Waals surface area contributed by atoms with Crippen LogP contribution in [-0.2, 0) is 18.6 Å². The number of carbonyl (C=O) groups is 1. The van der Waals surface area contributed by atoms with Crippen LogP contribution in [-0.4, -0.2) is 51.5 Å². The molecule has 1 heterocycles. The van der Waals surface area contributed by atoms with E-state index in [0.29, 0.717) is 0 Å². The van der Waals surface area contributed by atoms with E-state index in [1.54, 1.807) is 23.5 Å². The van der Waals surface area contributed by atoms with E-state index in [1.807, 2.05) is 0 Å². The SMILES string of the molecule is C=C1CSCC(OC(=O)CCCOP(=O)(O)O)CSC1. The van der Waals surface area contributed by atoms with Gasteiger partial charge in [-0.1, -0.05) is 12.2 Å². The van der Waals surface area contributed by atoms with Crippen LogP contribution in [0.4, 0.5) is 0 Å². The normalized spacial score (nSPS) is 18.4. The highest BCUT2D eigenvalue weighted by atomic mass is 32.2. The number of ether oxygens (including phenoxy) is 1. The van der Waals surface area contributed by atoms with Crippen molar-refractivity contribution in [3.63, 3.8) is 0 Å². The van der Waals surface area contributed by atoms with Crippen LogP contribution in [0.3, 0.4) is 0 Å². The van der Waals surface area contributed by atoms with Gasteiger partial charge in [-0.25, -0.2) is 4.57 Å². The van der Waals surface area contributed by atoms with Gasteiger partial charge in [0.25, 0.3) is 0 Å². The Bertz CT molecular complexity index is 371. The Morgan fingerprint density at radius 2 is 1.95 bits per heavy atom. The fourth-order valence-corrected chi connectivity index (χ4v) is 4.03. The third-order valence-corrected chi connectivity index (χ3v) is 5.26. The lowest BCUT2D eigenvalue weighted by atomic mass is 10.3. The highest BCUT2D eigenvalue weighted by Crippen LogP contribution is 2.35. The van der Waals surface area contributed by atoms with E-state index in [2.05, 4.69) is 11.1 Å². The van der Waals surface area contributed by atoms with Crippen molar-refractivity contribution in [2.75, 3.05) is 29.6 Å². The average Bonchev–Trinajstić information content (AvgIpc) is 2.30. The molecule has 0 unspecified atom stereocenters. The van der Waals surface area contributed by atoms with Crippen LogP contribution in [0.5, 0.6) is 0 Å². The maximum absolute atomic E-state index is 11.6. The average molecular weight is 342 g/mol. The molecule has 0 amide bonds. The smallest absolute Gasteiger partial charge is 0.461 e. The first kappa shape index (κ1) is 18.1. The number of phosphoric ester groups is 1. The van der Waals surface area contributed by atoms with E-state index < -0.39 is 7.82 Å². The zero-order chi connectivity index (χ0) is 15.0. The molecule has 0 aromatic carbocycles. The van der Waals surface area contributed by atoms with E-state index in [1.165, 1.54) is 5.57 Å². The Hall–Kier alpha value is 0.0200. The van der Waals surface area contributed by atoms with E-state index in [0.717, 1.165) is 23.0 Å². The molecule has 0 atom stereocenters. The molecule has 20 heavy (non-hydrogen) atoms. The maximum Gasteiger partial charge on any atom is 0.469 e. The summed E-state index contributed by atoms with van der Waals surface area (Å²) in [6.07, 6.45) is 0.208. The minimum Gasteiger partial charge on any atom is -0.461 e. The second-order valence-corrected chi connectivity index (χ2v) is 7.62. The summed E-state index contributed by atoms with van der Waals surface area (Å²) in [5.41, 5.74) is 1.19. The van der Waals surface area contributed by atoms with E-state index in [-0.39, 0.29) is 31.5 Å². The number of carbonyl (C=O) groups excluding carboxylic acids is 1. The molecule has 116 valence electrons. The minimum absolute atomic E-state index is 0.0958. The molecular formula is C11H19O6PS2. The number of thioether (sulfide) groups is 2. The Labute approximate surface area is 126 Å². The monoisotopic (exact) mass is 342 g/mol. The highest BCUT2D eigenvalue weighted by Gasteiger charge is 2.18. The highest BCUT2D eigenvalue weighted by molar-refractivity contribution is 8.01. The lowest BCUT2D eigenvalue weighted by Crippen LogP contribution is -2.25. The molecule has 0 saturated carbocycles. The van der Waals surface area contributed by atoms with Crippen molar-refractivity contribution in [2.45, 2.75) is 18.9 Å². The van der Waals surface area contributed by atoms with Gasteiger partial charge in [0.1, 0.15) is 6.10 Å². The Kier molecular flexibility index (Phi) is 8.24. The molecule has 6 nitrogen and oxygen atoms in total. The van der Waals surface area contributed by atoms with Gasteiger partial charge in [0.15, 0.2) is 0 Å². The van der Waals surface area contributed by atoms with Gasteiger partial charge in [-0.05, 0) is 6.42 Å². The van der Waals surface area contributed by atoms with Crippen LogP contribution < -0.4 is 0 Å². The second-order valence-electron chi connectivity index (χ2n) is 4.32. The van der Waals surface area contributed by atoms with Gasteiger partial charge in [0, 0.05) is 29.4 Å². The minimum atomic E-state index is -4.44. The van der Waals surface area contributed by atoms with Crippen molar-refractivity contribution >= 4 is 37.3 Å². The first-order valence-corrected chi connectivity index (χ1v) is 9.92. The Morgan fingerprint density at radius 3 is 2.50 bits per heavy atom. The summed E-state index contributed by atoms with van der Waals surface area (Å²) in [5, 5.41) is 0. The molecule has 0 bridgehead atoms. The summed E-state index contributed by atoms with van der Waals surface area (Å²) in [7, 11) is -4.44. The summed E-state index contributed by atoms with van der Waals surface area (Å²) >= 11 is 3.40. The Balaban J connectivity index is 2.17. The van der Waals surface area contributed by atoms with Crippen LogP contribution >= 0.6 is 31.3 Å². The molecule has 0 aromatic heterocycles. The zero-order valence-corrected chi connectivity index (χ0v) is 13.6. The molecule has 0 aromatic rings. The molecule has 0 aliphatic carbocycles. The number of hydrogen-bond acceptors (Lipinski definition) is 6. The van der Waals surface area contributed by atoms with Gasteiger partial charge < -0.3 is 14.5 Å². The topological polar surface area (TPSA) is 93.1 Å². The van der Waals surface area contributed by atoms with Crippen LogP contribution in [0.25, 0.3) is 0 Å². The van der Waals surface area contributed by atoms with E-state index >= 15 is 0 Å². The van der Waals surface area contributed by atoms with Crippen molar-refractivity contribution in [3.05, 3.63) is 12.2 Å². The molecule has 1 aliphatic heterocycles. The molecule has 0 radical (unpaired) electrons. The summed E-state index contributed by atoms with van der Waals surface area (Å²) in [6.45, 7) is 3.79. The standard InChI is InChI=1S/C11H19O6PS2/c1-9-5-19-7-10(8-20-6-9)17-11(12)3-2-4-16-18(13,14)15/h10H,1-8H2,(H2,13,14,15). The van der Waals surface area contributed by atoms with E-state index in [9.17, 15) is 9.36 Å². The number of rotatable bonds is 6. The van der Waals surface area contributed by atoms with Crippen molar-refractivity contribution in [1.29, 1.82) is 0 Å². The summed E-state index contributed by atoms with van der Waals surface area (Å²) in [4.78, 5) is 28.6. The largest absolute Gasteiger partial charge is 0.469 e. The van der Waals surface area contributed by atoms with Crippen molar-refractivity contribution in [1.82, 2.24) is 0 Å². The molecule has 1 rings (SSSR count). The number of hydrogen-bond donors (Lipinski definition) is 2. The molecular weight excluding hydrogens is 323 g/mol. The second kappa shape index (κ2) is 9.12. The fourth-order valence-electron chi connectivity index (χ4n) is 1.47. The van der Waals surface area contributed by atoms with E-state index in [4.69, 9.17) is 14.5 Å². The van der Waals surface area contributed by atoms with Gasteiger partial charge in [-0.15, -0.1) is 0 Å². The molecule has 1 aliphatic rings. The van der Waals surface area contributed by atoms with Crippen LogP contribution in [0.2, 0.25) is 0 Å². The summed E-state index contributed by atoms with van der Waals surface area (Å²) in [5.74, 6) is 2.91. The van der Waals surface area contributed by atoms with Crippen molar-refractivity contribution in [3.8, 4) is 0 Å². The zero-order valence-electron chi connectivity index (χ0n) is 11.0. The van der Waals surface area contributed by atoms with Crippen LogP contribution in [0, 0.1) is 0 Å². The van der Waals surface area contributed by atoms with Gasteiger partial charge in [0.05, 0.1) is 6.61 Å². The lowest BCUT2D eigenvalue weighted by Gasteiger charge is -2.20. The number of phosphoric acid groups is 1. The van der Waals surface area contributed by atoms with Crippen molar-refractivity contribution < 1.29 is 28.4 Å². The third-order valence-electron chi connectivity index (χ3n) is 2.30. The molecule has 0 spiro atoms.